The fourth-order valence-electron chi connectivity index (χ4n) is 3.20. The molecular formula is C22H30N4O2. The zero-order valence-electron chi connectivity index (χ0n) is 16.8. The molecule has 0 bridgehead atoms. The predicted molar refractivity (Wildman–Crippen MR) is 114 cm³/mol. The molecule has 0 radical (unpaired) electrons. The summed E-state index contributed by atoms with van der Waals surface area (Å²) in [5, 5.41) is 6.79. The molecule has 0 saturated carbocycles. The molecular weight excluding hydrogens is 352 g/mol. The Morgan fingerprint density at radius 2 is 1.82 bits per heavy atom. The molecule has 150 valence electrons. The van der Waals surface area contributed by atoms with E-state index in [1.807, 2.05) is 24.3 Å². The highest BCUT2D eigenvalue weighted by molar-refractivity contribution is 5.80. The standard InChI is InChI=1S/C22H30N4O2/c1-3-23-22(24-16-18-8-10-20(27-2)11-9-18)25-17-19-6-4-5-7-21(19)26-12-14-28-15-13-26/h4-11H,3,12-17H2,1-2H3,(H2,23,24,25). The lowest BCUT2D eigenvalue weighted by molar-refractivity contribution is 0.122. The molecule has 0 spiro atoms. The molecule has 1 heterocycles. The maximum Gasteiger partial charge on any atom is 0.191 e. The van der Waals surface area contributed by atoms with Crippen molar-refractivity contribution in [2.45, 2.75) is 20.0 Å². The van der Waals surface area contributed by atoms with Gasteiger partial charge in [-0.25, -0.2) is 4.99 Å². The van der Waals surface area contributed by atoms with Crippen LogP contribution in [-0.2, 0) is 17.8 Å². The van der Waals surface area contributed by atoms with Gasteiger partial charge in [0.25, 0.3) is 0 Å². The Bertz CT molecular complexity index is 755. The van der Waals surface area contributed by atoms with Gasteiger partial charge in [-0.1, -0.05) is 30.3 Å². The average molecular weight is 383 g/mol. The molecule has 1 saturated heterocycles. The molecule has 0 unspecified atom stereocenters. The van der Waals surface area contributed by atoms with E-state index in [2.05, 4.69) is 46.7 Å². The second-order valence-corrected chi connectivity index (χ2v) is 6.62. The van der Waals surface area contributed by atoms with Gasteiger partial charge in [-0.15, -0.1) is 0 Å². The van der Waals surface area contributed by atoms with Crippen LogP contribution in [0.4, 0.5) is 5.69 Å². The van der Waals surface area contributed by atoms with Crippen LogP contribution in [0.2, 0.25) is 0 Å². The Hall–Kier alpha value is -2.73. The number of hydrogen-bond donors (Lipinski definition) is 2. The second-order valence-electron chi connectivity index (χ2n) is 6.62. The third kappa shape index (κ3) is 5.63. The van der Waals surface area contributed by atoms with E-state index in [4.69, 9.17) is 14.5 Å². The van der Waals surface area contributed by atoms with Crippen molar-refractivity contribution < 1.29 is 9.47 Å². The molecule has 0 aliphatic carbocycles. The number of ether oxygens (including phenoxy) is 2. The minimum absolute atomic E-state index is 0.616. The van der Waals surface area contributed by atoms with Crippen molar-refractivity contribution in [1.82, 2.24) is 10.6 Å². The normalized spacial score (nSPS) is 14.6. The van der Waals surface area contributed by atoms with E-state index in [0.717, 1.165) is 56.7 Å². The Labute approximate surface area is 167 Å². The number of anilines is 1. The summed E-state index contributed by atoms with van der Waals surface area (Å²) < 4.78 is 10.7. The van der Waals surface area contributed by atoms with E-state index >= 15 is 0 Å². The van der Waals surface area contributed by atoms with Crippen LogP contribution in [0.1, 0.15) is 18.1 Å². The number of aliphatic imine (C=N–C) groups is 1. The van der Waals surface area contributed by atoms with Crippen molar-refractivity contribution in [1.29, 1.82) is 0 Å². The van der Waals surface area contributed by atoms with Gasteiger partial charge >= 0.3 is 0 Å². The average Bonchev–Trinajstić information content (AvgIpc) is 2.77. The molecule has 0 amide bonds. The van der Waals surface area contributed by atoms with Crippen LogP contribution in [0.15, 0.2) is 53.5 Å². The minimum Gasteiger partial charge on any atom is -0.497 e. The van der Waals surface area contributed by atoms with Crippen LogP contribution in [0.25, 0.3) is 0 Å². The number of morpholine rings is 1. The van der Waals surface area contributed by atoms with Crippen LogP contribution in [0.3, 0.4) is 0 Å². The predicted octanol–water partition coefficient (Wildman–Crippen LogP) is 2.79. The Balaban J connectivity index is 1.64. The van der Waals surface area contributed by atoms with Crippen molar-refractivity contribution in [3.8, 4) is 5.75 Å². The van der Waals surface area contributed by atoms with Gasteiger partial charge in [-0.3, -0.25) is 0 Å². The zero-order chi connectivity index (χ0) is 19.6. The number of methoxy groups -OCH3 is 1. The van der Waals surface area contributed by atoms with Gasteiger partial charge in [0.1, 0.15) is 5.75 Å². The Kier molecular flexibility index (Phi) is 7.55. The first-order valence-corrected chi connectivity index (χ1v) is 9.86. The lowest BCUT2D eigenvalue weighted by Crippen LogP contribution is -2.39. The maximum absolute atomic E-state index is 5.49. The molecule has 3 rings (SSSR count). The lowest BCUT2D eigenvalue weighted by Gasteiger charge is -2.30. The molecule has 0 aromatic heterocycles. The van der Waals surface area contributed by atoms with E-state index in [1.165, 1.54) is 11.3 Å². The van der Waals surface area contributed by atoms with Crippen LogP contribution in [0.5, 0.6) is 5.75 Å². The zero-order valence-corrected chi connectivity index (χ0v) is 16.8. The number of nitrogens with zero attached hydrogens (tertiary/aromatic N) is 2. The molecule has 6 heteroatoms. The van der Waals surface area contributed by atoms with E-state index in [9.17, 15) is 0 Å². The van der Waals surface area contributed by atoms with Crippen LogP contribution < -0.4 is 20.3 Å². The number of para-hydroxylation sites is 1. The molecule has 6 nitrogen and oxygen atoms in total. The van der Waals surface area contributed by atoms with Gasteiger partial charge in [0, 0.05) is 31.9 Å². The molecule has 2 aromatic rings. The molecule has 0 atom stereocenters. The smallest absolute Gasteiger partial charge is 0.191 e. The minimum atomic E-state index is 0.616. The molecule has 1 aliphatic heterocycles. The fourth-order valence-corrected chi connectivity index (χ4v) is 3.20. The van der Waals surface area contributed by atoms with E-state index < -0.39 is 0 Å². The Morgan fingerprint density at radius 3 is 2.54 bits per heavy atom. The fraction of sp³-hybridized carbons (Fsp3) is 0.409. The van der Waals surface area contributed by atoms with E-state index in [-0.39, 0.29) is 0 Å². The third-order valence-electron chi connectivity index (χ3n) is 4.71. The number of hydrogen-bond acceptors (Lipinski definition) is 4. The van der Waals surface area contributed by atoms with E-state index in [0.29, 0.717) is 6.54 Å². The molecule has 1 fully saturated rings. The highest BCUT2D eigenvalue weighted by Crippen LogP contribution is 2.21. The first-order valence-electron chi connectivity index (χ1n) is 9.86. The van der Waals surface area contributed by atoms with Gasteiger partial charge in [-0.2, -0.15) is 0 Å². The summed E-state index contributed by atoms with van der Waals surface area (Å²) in [6.07, 6.45) is 0. The third-order valence-corrected chi connectivity index (χ3v) is 4.71. The summed E-state index contributed by atoms with van der Waals surface area (Å²) in [7, 11) is 1.68. The van der Waals surface area contributed by atoms with Crippen molar-refractivity contribution in [2.24, 2.45) is 4.99 Å². The highest BCUT2D eigenvalue weighted by atomic mass is 16.5. The SMILES string of the molecule is CCNC(=NCc1ccc(OC)cc1)NCc1ccccc1N1CCOCC1. The molecule has 1 aliphatic rings. The molecule has 28 heavy (non-hydrogen) atoms. The van der Waals surface area contributed by atoms with E-state index in [1.54, 1.807) is 7.11 Å². The van der Waals surface area contributed by atoms with Crippen molar-refractivity contribution in [2.75, 3.05) is 44.9 Å². The lowest BCUT2D eigenvalue weighted by atomic mass is 10.1. The highest BCUT2D eigenvalue weighted by Gasteiger charge is 2.14. The summed E-state index contributed by atoms with van der Waals surface area (Å²) in [6.45, 7) is 7.67. The summed E-state index contributed by atoms with van der Waals surface area (Å²) in [4.78, 5) is 7.11. The van der Waals surface area contributed by atoms with Crippen molar-refractivity contribution in [3.63, 3.8) is 0 Å². The monoisotopic (exact) mass is 382 g/mol. The van der Waals surface area contributed by atoms with Crippen LogP contribution in [-0.4, -0.2) is 45.9 Å². The quantitative estimate of drug-likeness (QED) is 0.570. The topological polar surface area (TPSA) is 58.1 Å². The van der Waals surface area contributed by atoms with Gasteiger partial charge < -0.3 is 25.0 Å². The second kappa shape index (κ2) is 10.6. The summed E-state index contributed by atoms with van der Waals surface area (Å²) in [5.74, 6) is 1.67. The van der Waals surface area contributed by atoms with Crippen LogP contribution in [0, 0.1) is 0 Å². The van der Waals surface area contributed by atoms with Crippen molar-refractivity contribution >= 4 is 11.6 Å². The number of nitrogens with one attached hydrogen (secondary N) is 2. The molecule has 2 aromatic carbocycles. The number of benzene rings is 2. The van der Waals surface area contributed by atoms with Gasteiger partial charge in [0.15, 0.2) is 5.96 Å². The summed E-state index contributed by atoms with van der Waals surface area (Å²) in [5.41, 5.74) is 3.68. The van der Waals surface area contributed by atoms with Gasteiger partial charge in [-0.05, 0) is 36.2 Å². The molecule has 2 N–H and O–H groups in total. The first kappa shape index (κ1) is 20.0. The number of guanidine groups is 1. The van der Waals surface area contributed by atoms with Gasteiger partial charge in [0.05, 0.1) is 26.9 Å². The Morgan fingerprint density at radius 1 is 1.07 bits per heavy atom. The maximum atomic E-state index is 5.49. The van der Waals surface area contributed by atoms with Crippen LogP contribution >= 0.6 is 0 Å². The van der Waals surface area contributed by atoms with Gasteiger partial charge in [0.2, 0.25) is 0 Å². The summed E-state index contributed by atoms with van der Waals surface area (Å²) in [6, 6.07) is 16.5. The number of rotatable bonds is 7. The first-order chi connectivity index (χ1) is 13.8. The van der Waals surface area contributed by atoms with Crippen molar-refractivity contribution in [3.05, 3.63) is 59.7 Å². The largest absolute Gasteiger partial charge is 0.497 e. The summed E-state index contributed by atoms with van der Waals surface area (Å²) >= 11 is 0.